The number of carbonyl (C=O) groups excluding carboxylic acids is 1. The first-order valence-electron chi connectivity index (χ1n) is 9.50. The number of hydrogen-bond acceptors (Lipinski definition) is 5. The van der Waals surface area contributed by atoms with Crippen molar-refractivity contribution in [2.24, 2.45) is 15.3 Å². The molecular weight excluding hydrogens is 366 g/mol. The largest absolute Gasteiger partial charge is 0.494 e. The number of rotatable bonds is 5. The summed E-state index contributed by atoms with van der Waals surface area (Å²) < 4.78 is 1.82. The molecule has 1 aromatic heterocycles. The van der Waals surface area contributed by atoms with E-state index < -0.39 is 0 Å². The third-order valence-electron chi connectivity index (χ3n) is 4.89. The Labute approximate surface area is 168 Å². The molecule has 4 rings (SSSR count). The van der Waals surface area contributed by atoms with Gasteiger partial charge < -0.3 is 9.67 Å². The first kappa shape index (κ1) is 18.6. The molecule has 0 fully saturated rings. The molecule has 1 amide bonds. The van der Waals surface area contributed by atoms with Gasteiger partial charge in [0.2, 0.25) is 11.8 Å². The van der Waals surface area contributed by atoms with Crippen LogP contribution in [0.25, 0.3) is 10.9 Å². The summed E-state index contributed by atoms with van der Waals surface area (Å²) in [6, 6.07) is 15.6. The molecule has 0 unspecified atom stereocenters. The minimum Gasteiger partial charge on any atom is -0.494 e. The predicted molar refractivity (Wildman–Crippen MR) is 115 cm³/mol. The molecule has 1 aliphatic rings. The van der Waals surface area contributed by atoms with Crippen molar-refractivity contribution in [1.29, 1.82) is 0 Å². The molecule has 7 nitrogen and oxygen atoms in total. The van der Waals surface area contributed by atoms with Gasteiger partial charge in [0.1, 0.15) is 0 Å². The number of hydrogen-bond donors (Lipinski definition) is 2. The lowest BCUT2D eigenvalue weighted by Gasteiger charge is -2.12. The molecule has 2 heterocycles. The molecule has 2 N–H and O–H groups in total. The van der Waals surface area contributed by atoms with Crippen LogP contribution in [0.1, 0.15) is 36.5 Å². The second-order valence-corrected chi connectivity index (χ2v) is 6.71. The average molecular weight is 387 g/mol. The molecule has 0 spiro atoms. The van der Waals surface area contributed by atoms with Gasteiger partial charge in [0.05, 0.1) is 29.2 Å². The Morgan fingerprint density at radius 2 is 1.93 bits per heavy atom. The third-order valence-corrected chi connectivity index (χ3v) is 4.89. The normalized spacial score (nSPS) is 14.7. The summed E-state index contributed by atoms with van der Waals surface area (Å²) in [5, 5.41) is 23.9. The molecule has 7 heteroatoms. The number of nitrogens with zero attached hydrogens (tertiary/aromatic N) is 4. The summed E-state index contributed by atoms with van der Waals surface area (Å²) in [4.78, 5) is 11.3. The molecule has 0 radical (unpaired) electrons. The topological polar surface area (TPSA) is 91.3 Å². The summed E-state index contributed by atoms with van der Waals surface area (Å²) in [5.41, 5.74) is 6.75. The number of fused-ring (bicyclic) bond motifs is 1. The van der Waals surface area contributed by atoms with Crippen molar-refractivity contribution in [3.05, 3.63) is 65.2 Å². The minimum absolute atomic E-state index is 0.0704. The van der Waals surface area contributed by atoms with Gasteiger partial charge >= 0.3 is 0 Å². The van der Waals surface area contributed by atoms with Crippen LogP contribution < -0.4 is 5.43 Å². The van der Waals surface area contributed by atoms with Crippen LogP contribution in [0.4, 0.5) is 0 Å². The Balaban J connectivity index is 1.68. The zero-order chi connectivity index (χ0) is 20.2. The van der Waals surface area contributed by atoms with Gasteiger partial charge in [-0.05, 0) is 24.1 Å². The molecule has 0 atom stereocenters. The first-order chi connectivity index (χ1) is 14.2. The van der Waals surface area contributed by atoms with Crippen molar-refractivity contribution in [3.63, 3.8) is 0 Å². The molecule has 0 aliphatic carbocycles. The Morgan fingerprint density at radius 3 is 2.66 bits per heavy atom. The summed E-state index contributed by atoms with van der Waals surface area (Å²) in [6.45, 7) is 2.58. The standard InChI is InChI=1S/C22H21N5O2/c1-2-27-20-12-16(19-10-11-21(28)26-25-19)8-9-17(20)18(22(27)29)14-24-23-13-15-6-4-3-5-7-15/h3-9,12-14,29H,2,10-11H2,1H3,(H,26,28)/b23-13+,24-14?. The fourth-order valence-electron chi connectivity index (χ4n) is 3.40. The number of nitrogens with one attached hydrogen (secondary N) is 1. The molecule has 146 valence electrons. The van der Waals surface area contributed by atoms with Crippen LogP contribution in [-0.4, -0.2) is 33.7 Å². The average Bonchev–Trinajstić information content (AvgIpc) is 3.02. The van der Waals surface area contributed by atoms with E-state index in [1.54, 1.807) is 12.4 Å². The van der Waals surface area contributed by atoms with Crippen LogP contribution in [0.2, 0.25) is 0 Å². The van der Waals surface area contributed by atoms with Crippen molar-refractivity contribution >= 4 is 35.0 Å². The van der Waals surface area contributed by atoms with Crippen LogP contribution in [0.3, 0.4) is 0 Å². The number of carbonyl (C=O) groups is 1. The highest BCUT2D eigenvalue weighted by Crippen LogP contribution is 2.31. The summed E-state index contributed by atoms with van der Waals surface area (Å²) in [5.74, 6) is 0.0798. The molecule has 0 bridgehead atoms. The quantitative estimate of drug-likeness (QED) is 0.519. The SMILES string of the molecule is CCn1c(O)c(C=N/N=C/c2ccccc2)c2ccc(C3=NNC(=O)CC3)cc21. The summed E-state index contributed by atoms with van der Waals surface area (Å²) in [6.07, 6.45) is 4.26. The van der Waals surface area contributed by atoms with E-state index in [1.165, 1.54) is 0 Å². The van der Waals surface area contributed by atoms with Gasteiger partial charge in [-0.3, -0.25) is 4.79 Å². The number of benzene rings is 2. The van der Waals surface area contributed by atoms with Gasteiger partial charge in [-0.1, -0.05) is 42.5 Å². The van der Waals surface area contributed by atoms with Crippen molar-refractivity contribution < 1.29 is 9.90 Å². The Kier molecular flexibility index (Phi) is 5.20. The van der Waals surface area contributed by atoms with Crippen molar-refractivity contribution in [3.8, 4) is 5.88 Å². The maximum absolute atomic E-state index is 11.3. The fourth-order valence-corrected chi connectivity index (χ4v) is 3.40. The molecular formula is C22H21N5O2. The molecule has 1 aliphatic heterocycles. The lowest BCUT2D eigenvalue weighted by atomic mass is 10.0. The van der Waals surface area contributed by atoms with Gasteiger partial charge in [0, 0.05) is 24.8 Å². The highest BCUT2D eigenvalue weighted by atomic mass is 16.3. The van der Waals surface area contributed by atoms with E-state index in [4.69, 9.17) is 0 Å². The lowest BCUT2D eigenvalue weighted by Crippen LogP contribution is -2.25. The van der Waals surface area contributed by atoms with Gasteiger partial charge in [0.25, 0.3) is 0 Å². The van der Waals surface area contributed by atoms with E-state index >= 15 is 0 Å². The van der Waals surface area contributed by atoms with E-state index in [9.17, 15) is 9.90 Å². The monoisotopic (exact) mass is 387 g/mol. The minimum atomic E-state index is -0.0704. The lowest BCUT2D eigenvalue weighted by molar-refractivity contribution is -0.121. The van der Waals surface area contributed by atoms with E-state index in [-0.39, 0.29) is 11.8 Å². The van der Waals surface area contributed by atoms with Crippen LogP contribution in [0, 0.1) is 0 Å². The maximum Gasteiger partial charge on any atom is 0.240 e. The van der Waals surface area contributed by atoms with Crippen LogP contribution in [0.15, 0.2) is 63.8 Å². The van der Waals surface area contributed by atoms with E-state index in [1.807, 2.05) is 60.0 Å². The first-order valence-corrected chi connectivity index (χ1v) is 9.50. The second-order valence-electron chi connectivity index (χ2n) is 6.71. The number of aromatic hydroxyl groups is 1. The summed E-state index contributed by atoms with van der Waals surface area (Å²) in [7, 11) is 0. The fraction of sp³-hybridized carbons (Fsp3) is 0.182. The smallest absolute Gasteiger partial charge is 0.240 e. The Hall–Kier alpha value is -3.74. The number of aryl methyl sites for hydroxylation is 1. The molecule has 0 saturated carbocycles. The highest BCUT2D eigenvalue weighted by molar-refractivity contribution is 6.09. The number of hydrazone groups is 1. The molecule has 3 aromatic rings. The van der Waals surface area contributed by atoms with Crippen molar-refractivity contribution in [1.82, 2.24) is 9.99 Å². The van der Waals surface area contributed by atoms with Crippen LogP contribution >= 0.6 is 0 Å². The number of aromatic nitrogens is 1. The van der Waals surface area contributed by atoms with Gasteiger partial charge in [-0.15, -0.1) is 0 Å². The predicted octanol–water partition coefficient (Wildman–Crippen LogP) is 3.43. The third kappa shape index (κ3) is 3.80. The van der Waals surface area contributed by atoms with E-state index in [2.05, 4.69) is 20.7 Å². The van der Waals surface area contributed by atoms with Crippen molar-refractivity contribution in [2.75, 3.05) is 0 Å². The van der Waals surface area contributed by atoms with Crippen molar-refractivity contribution in [2.45, 2.75) is 26.3 Å². The Morgan fingerprint density at radius 1 is 1.14 bits per heavy atom. The zero-order valence-corrected chi connectivity index (χ0v) is 16.0. The molecule has 2 aromatic carbocycles. The highest BCUT2D eigenvalue weighted by Gasteiger charge is 2.18. The summed E-state index contributed by atoms with van der Waals surface area (Å²) >= 11 is 0. The maximum atomic E-state index is 11.3. The number of amides is 1. The van der Waals surface area contributed by atoms with E-state index in [0.29, 0.717) is 24.9 Å². The van der Waals surface area contributed by atoms with Gasteiger partial charge in [-0.2, -0.15) is 15.3 Å². The van der Waals surface area contributed by atoms with Gasteiger partial charge in [-0.25, -0.2) is 5.43 Å². The van der Waals surface area contributed by atoms with E-state index in [0.717, 1.165) is 27.7 Å². The van der Waals surface area contributed by atoms with Gasteiger partial charge in [0.15, 0.2) is 0 Å². The van der Waals surface area contributed by atoms with Crippen LogP contribution in [-0.2, 0) is 11.3 Å². The zero-order valence-electron chi connectivity index (χ0n) is 16.0. The second kappa shape index (κ2) is 8.10. The Bertz CT molecular complexity index is 1140. The molecule has 0 saturated heterocycles. The van der Waals surface area contributed by atoms with Crippen LogP contribution in [0.5, 0.6) is 5.88 Å². The molecule has 29 heavy (non-hydrogen) atoms.